The third-order valence-electron chi connectivity index (χ3n) is 4.97. The molecule has 0 aliphatic carbocycles. The van der Waals surface area contributed by atoms with Crippen LogP contribution in [-0.4, -0.2) is 47.9 Å². The Labute approximate surface area is 178 Å². The Hall–Kier alpha value is -3.52. The van der Waals surface area contributed by atoms with Crippen molar-refractivity contribution in [3.05, 3.63) is 70.5 Å². The molecule has 0 aromatic heterocycles. The van der Waals surface area contributed by atoms with Crippen LogP contribution in [0.3, 0.4) is 0 Å². The number of halogens is 1. The molecule has 2 aromatic rings. The maximum absolute atomic E-state index is 13.7. The molecule has 31 heavy (non-hydrogen) atoms. The fourth-order valence-electron chi connectivity index (χ4n) is 3.48. The van der Waals surface area contributed by atoms with Gasteiger partial charge in [0.1, 0.15) is 17.3 Å². The molecule has 1 atom stereocenters. The number of carbonyl (C=O) groups excluding carboxylic acids is 3. The highest BCUT2D eigenvalue weighted by atomic mass is 19.1. The van der Waals surface area contributed by atoms with Gasteiger partial charge in [-0.15, -0.1) is 0 Å². The minimum absolute atomic E-state index is 0.104. The highest BCUT2D eigenvalue weighted by Crippen LogP contribution is 2.39. The van der Waals surface area contributed by atoms with Gasteiger partial charge in [0, 0.05) is 26.1 Å². The van der Waals surface area contributed by atoms with Gasteiger partial charge in [-0.2, -0.15) is 0 Å². The molecule has 1 aliphatic rings. The number of aryl methyl sites for hydroxylation is 1. The largest absolute Gasteiger partial charge is 0.507 e. The van der Waals surface area contributed by atoms with E-state index in [2.05, 4.69) is 0 Å². The number of benzene rings is 2. The first-order valence-electron chi connectivity index (χ1n) is 9.56. The molecule has 0 bridgehead atoms. The number of nitrogens with zero attached hydrogens (tertiary/aromatic N) is 1. The zero-order chi connectivity index (χ0) is 22.7. The Morgan fingerprint density at radius 2 is 1.84 bits per heavy atom. The molecule has 1 heterocycles. The molecule has 0 radical (unpaired) electrons. The molecule has 1 aliphatic heterocycles. The molecule has 1 unspecified atom stereocenters. The topological polar surface area (TPSA) is 93.1 Å². The smallest absolute Gasteiger partial charge is 0.308 e. The Bertz CT molecular complexity index is 1060. The van der Waals surface area contributed by atoms with E-state index in [0.717, 1.165) is 0 Å². The second kappa shape index (κ2) is 9.09. The molecule has 1 fully saturated rings. The van der Waals surface area contributed by atoms with Gasteiger partial charge in [0.25, 0.3) is 11.7 Å². The zero-order valence-corrected chi connectivity index (χ0v) is 17.3. The number of carbonyl (C=O) groups is 3. The monoisotopic (exact) mass is 427 g/mol. The normalized spacial score (nSPS) is 17.8. The third-order valence-corrected chi connectivity index (χ3v) is 4.97. The number of methoxy groups -OCH3 is 1. The summed E-state index contributed by atoms with van der Waals surface area (Å²) in [6.45, 7) is 3.12. The average Bonchev–Trinajstić information content (AvgIpc) is 2.98. The van der Waals surface area contributed by atoms with Crippen LogP contribution in [0.1, 0.15) is 29.7 Å². The van der Waals surface area contributed by atoms with E-state index in [1.165, 1.54) is 56.2 Å². The summed E-state index contributed by atoms with van der Waals surface area (Å²) >= 11 is 0. The number of amides is 1. The number of aliphatic hydroxyl groups excluding tert-OH is 1. The van der Waals surface area contributed by atoms with E-state index in [1.54, 1.807) is 12.1 Å². The van der Waals surface area contributed by atoms with Gasteiger partial charge >= 0.3 is 5.97 Å². The van der Waals surface area contributed by atoms with Gasteiger partial charge in [-0.3, -0.25) is 14.4 Å². The van der Waals surface area contributed by atoms with Gasteiger partial charge < -0.3 is 19.5 Å². The van der Waals surface area contributed by atoms with Crippen molar-refractivity contribution in [2.75, 3.05) is 20.3 Å². The van der Waals surface area contributed by atoms with Crippen molar-refractivity contribution in [3.8, 4) is 5.75 Å². The maximum Gasteiger partial charge on any atom is 0.308 e. The summed E-state index contributed by atoms with van der Waals surface area (Å²) in [5, 5.41) is 10.9. The van der Waals surface area contributed by atoms with Gasteiger partial charge in [0.2, 0.25) is 0 Å². The standard InChI is InChI=1S/C23H22FNO6/c1-13-12-16(6-9-18(13)24)21(27)19-20(25(10-11-30-3)23(29)22(19)28)15-4-7-17(8-5-15)31-14(2)26/h4-9,12,20,27H,10-11H2,1-3H3/b21-19-. The predicted molar refractivity (Wildman–Crippen MR) is 110 cm³/mol. The third kappa shape index (κ3) is 4.49. The fraction of sp³-hybridized carbons (Fsp3) is 0.261. The second-order valence-corrected chi connectivity index (χ2v) is 7.11. The first kappa shape index (κ1) is 22.2. The summed E-state index contributed by atoms with van der Waals surface area (Å²) in [6.07, 6.45) is 0. The second-order valence-electron chi connectivity index (χ2n) is 7.11. The van der Waals surface area contributed by atoms with Crippen LogP contribution in [0.2, 0.25) is 0 Å². The lowest BCUT2D eigenvalue weighted by molar-refractivity contribution is -0.140. The van der Waals surface area contributed by atoms with Crippen molar-refractivity contribution in [2.24, 2.45) is 0 Å². The molecule has 2 aromatic carbocycles. The lowest BCUT2D eigenvalue weighted by atomic mass is 9.95. The first-order valence-corrected chi connectivity index (χ1v) is 9.56. The van der Waals surface area contributed by atoms with Crippen molar-refractivity contribution in [3.63, 3.8) is 0 Å². The lowest BCUT2D eigenvalue weighted by Crippen LogP contribution is -2.32. The van der Waals surface area contributed by atoms with E-state index in [4.69, 9.17) is 9.47 Å². The van der Waals surface area contributed by atoms with E-state index < -0.39 is 35.3 Å². The van der Waals surface area contributed by atoms with Gasteiger partial charge in [-0.1, -0.05) is 12.1 Å². The van der Waals surface area contributed by atoms with Crippen molar-refractivity contribution < 1.29 is 33.4 Å². The molecular formula is C23H22FNO6. The summed E-state index contributed by atoms with van der Waals surface area (Å²) in [5.74, 6) is -2.63. The van der Waals surface area contributed by atoms with Crippen LogP contribution < -0.4 is 4.74 Å². The molecule has 3 rings (SSSR count). The Kier molecular flexibility index (Phi) is 6.50. The fourth-order valence-corrected chi connectivity index (χ4v) is 3.48. The zero-order valence-electron chi connectivity index (χ0n) is 17.3. The number of Topliss-reactive ketones (excluding diaryl/α,β-unsaturated/α-hetero) is 1. The number of likely N-dealkylation sites (tertiary alicyclic amines) is 1. The molecule has 0 spiro atoms. The van der Waals surface area contributed by atoms with Crippen LogP contribution in [0, 0.1) is 12.7 Å². The molecule has 162 valence electrons. The van der Waals surface area contributed by atoms with Crippen LogP contribution in [0.15, 0.2) is 48.0 Å². The average molecular weight is 427 g/mol. The SMILES string of the molecule is COCCN1C(=O)C(=O)/C(=C(\O)c2ccc(F)c(C)c2)C1c1ccc(OC(C)=O)cc1. The number of esters is 1. The van der Waals surface area contributed by atoms with Gasteiger partial charge in [-0.05, 0) is 48.4 Å². The number of rotatable bonds is 6. The molecule has 1 saturated heterocycles. The number of aliphatic hydroxyl groups is 1. The maximum atomic E-state index is 13.7. The summed E-state index contributed by atoms with van der Waals surface area (Å²) in [4.78, 5) is 38.0. The Morgan fingerprint density at radius 1 is 1.16 bits per heavy atom. The lowest BCUT2D eigenvalue weighted by Gasteiger charge is -2.25. The van der Waals surface area contributed by atoms with Gasteiger partial charge in [0.05, 0.1) is 18.2 Å². The number of hydrogen-bond donors (Lipinski definition) is 1. The minimum Gasteiger partial charge on any atom is -0.507 e. The van der Waals surface area contributed by atoms with E-state index in [9.17, 15) is 23.9 Å². The van der Waals surface area contributed by atoms with Crippen LogP contribution in [0.5, 0.6) is 5.75 Å². The minimum atomic E-state index is -0.883. The van der Waals surface area contributed by atoms with Crippen molar-refractivity contribution in [2.45, 2.75) is 19.9 Å². The van der Waals surface area contributed by atoms with Crippen molar-refractivity contribution in [1.82, 2.24) is 4.90 Å². The molecule has 8 heteroatoms. The summed E-state index contributed by atoms with van der Waals surface area (Å²) in [5.41, 5.74) is 0.948. The van der Waals surface area contributed by atoms with Crippen molar-refractivity contribution >= 4 is 23.4 Å². The molecule has 1 amide bonds. The summed E-state index contributed by atoms with van der Waals surface area (Å²) in [6, 6.07) is 9.36. The molecule has 7 nitrogen and oxygen atoms in total. The summed E-state index contributed by atoms with van der Waals surface area (Å²) in [7, 11) is 1.47. The Balaban J connectivity index is 2.12. The van der Waals surface area contributed by atoms with E-state index in [0.29, 0.717) is 16.9 Å². The molecular weight excluding hydrogens is 405 g/mol. The number of ketones is 1. The number of hydrogen-bond acceptors (Lipinski definition) is 6. The van der Waals surface area contributed by atoms with Crippen LogP contribution in [0.25, 0.3) is 5.76 Å². The predicted octanol–water partition coefficient (Wildman–Crippen LogP) is 3.13. The Morgan fingerprint density at radius 3 is 2.42 bits per heavy atom. The quantitative estimate of drug-likeness (QED) is 0.250. The van der Waals surface area contributed by atoms with Crippen molar-refractivity contribution in [1.29, 1.82) is 0 Å². The number of ether oxygens (including phenoxy) is 2. The summed E-state index contributed by atoms with van der Waals surface area (Å²) < 4.78 is 23.8. The van der Waals surface area contributed by atoms with E-state index in [-0.39, 0.29) is 24.3 Å². The first-order chi connectivity index (χ1) is 14.7. The highest BCUT2D eigenvalue weighted by molar-refractivity contribution is 6.46. The van der Waals surface area contributed by atoms with E-state index in [1.807, 2.05) is 0 Å². The van der Waals surface area contributed by atoms with Crippen LogP contribution >= 0.6 is 0 Å². The van der Waals surface area contributed by atoms with Crippen LogP contribution in [0.4, 0.5) is 4.39 Å². The molecule has 1 N–H and O–H groups in total. The molecule has 0 saturated carbocycles. The highest BCUT2D eigenvalue weighted by Gasteiger charge is 2.45. The van der Waals surface area contributed by atoms with Crippen LogP contribution in [-0.2, 0) is 19.1 Å². The van der Waals surface area contributed by atoms with Gasteiger partial charge in [-0.25, -0.2) is 4.39 Å². The van der Waals surface area contributed by atoms with Gasteiger partial charge in [0.15, 0.2) is 0 Å². The van der Waals surface area contributed by atoms with E-state index >= 15 is 0 Å².